The molecule has 0 radical (unpaired) electrons. The van der Waals surface area contributed by atoms with Crippen LogP contribution < -0.4 is 0 Å². The predicted molar refractivity (Wildman–Crippen MR) is 53.6 cm³/mol. The third-order valence-corrected chi connectivity index (χ3v) is 1.97. The van der Waals surface area contributed by atoms with E-state index in [9.17, 15) is 4.79 Å². The maximum Gasteiger partial charge on any atom is 0.371 e. The van der Waals surface area contributed by atoms with Crippen molar-refractivity contribution in [1.82, 2.24) is 4.98 Å². The van der Waals surface area contributed by atoms with E-state index in [2.05, 4.69) is 4.98 Å². The van der Waals surface area contributed by atoms with Crippen molar-refractivity contribution < 1.29 is 14.3 Å². The molecular formula is C11H6N2O3. The van der Waals surface area contributed by atoms with Crippen LogP contribution in [-0.2, 0) is 0 Å². The molecule has 5 heteroatoms. The molecule has 16 heavy (non-hydrogen) atoms. The zero-order valence-electron chi connectivity index (χ0n) is 8.04. The van der Waals surface area contributed by atoms with Crippen molar-refractivity contribution in [3.8, 4) is 17.4 Å². The van der Waals surface area contributed by atoms with E-state index < -0.39 is 5.97 Å². The Kier molecular flexibility index (Phi) is 2.40. The van der Waals surface area contributed by atoms with Crippen molar-refractivity contribution in [3.63, 3.8) is 0 Å². The van der Waals surface area contributed by atoms with Crippen molar-refractivity contribution in [2.24, 2.45) is 0 Å². The molecule has 5 nitrogen and oxygen atoms in total. The van der Waals surface area contributed by atoms with Crippen molar-refractivity contribution in [3.05, 3.63) is 41.9 Å². The highest BCUT2D eigenvalue weighted by molar-refractivity contribution is 5.85. The van der Waals surface area contributed by atoms with Gasteiger partial charge in [-0.15, -0.1) is 0 Å². The molecule has 1 N–H and O–H groups in total. The summed E-state index contributed by atoms with van der Waals surface area (Å²) in [7, 11) is 0. The van der Waals surface area contributed by atoms with Crippen LogP contribution in [0.15, 0.2) is 35.0 Å². The second-order valence-electron chi connectivity index (χ2n) is 3.04. The molecule has 0 aliphatic carbocycles. The van der Waals surface area contributed by atoms with Gasteiger partial charge < -0.3 is 9.52 Å². The van der Waals surface area contributed by atoms with E-state index in [0.29, 0.717) is 16.9 Å². The van der Waals surface area contributed by atoms with Crippen LogP contribution in [0.3, 0.4) is 0 Å². The van der Waals surface area contributed by atoms with Crippen LogP contribution in [-0.4, -0.2) is 16.1 Å². The lowest BCUT2D eigenvalue weighted by Crippen LogP contribution is -1.91. The molecule has 0 aliphatic heterocycles. The average molecular weight is 214 g/mol. The van der Waals surface area contributed by atoms with E-state index in [-0.39, 0.29) is 5.76 Å². The predicted octanol–water partition coefficient (Wildman–Crippen LogP) is 1.91. The number of hydrogen-bond acceptors (Lipinski definition) is 4. The van der Waals surface area contributed by atoms with Crippen LogP contribution in [0.1, 0.15) is 16.1 Å². The number of carboxylic acid groups (broad SMARTS) is 1. The molecule has 2 rings (SSSR count). The van der Waals surface area contributed by atoms with E-state index in [1.807, 2.05) is 6.07 Å². The first kappa shape index (κ1) is 9.93. The first-order valence-electron chi connectivity index (χ1n) is 4.39. The van der Waals surface area contributed by atoms with Gasteiger partial charge in [0.2, 0.25) is 5.76 Å². The number of aromatic carboxylic acids is 1. The Morgan fingerprint density at radius 3 is 2.88 bits per heavy atom. The Morgan fingerprint density at radius 1 is 1.44 bits per heavy atom. The Morgan fingerprint density at radius 2 is 2.25 bits per heavy atom. The zero-order chi connectivity index (χ0) is 11.5. The molecular weight excluding hydrogens is 208 g/mol. The lowest BCUT2D eigenvalue weighted by atomic mass is 10.2. The standard InChI is InChI=1S/C11H6N2O3/c12-4-7-3-8(6-13-5-7)9-1-2-10(16-9)11(14)15/h1-3,5-6H,(H,14,15). The Bertz CT molecular complexity index is 581. The summed E-state index contributed by atoms with van der Waals surface area (Å²) in [6.45, 7) is 0. The quantitative estimate of drug-likeness (QED) is 0.824. The molecule has 0 atom stereocenters. The lowest BCUT2D eigenvalue weighted by molar-refractivity contribution is 0.0663. The van der Waals surface area contributed by atoms with Gasteiger partial charge in [0.05, 0.1) is 5.56 Å². The zero-order valence-corrected chi connectivity index (χ0v) is 8.04. The summed E-state index contributed by atoms with van der Waals surface area (Å²) in [6.07, 6.45) is 2.93. The summed E-state index contributed by atoms with van der Waals surface area (Å²) >= 11 is 0. The highest BCUT2D eigenvalue weighted by Crippen LogP contribution is 2.21. The summed E-state index contributed by atoms with van der Waals surface area (Å²) < 4.78 is 5.08. The molecule has 2 aromatic heterocycles. The number of rotatable bonds is 2. The Balaban J connectivity index is 2.43. The van der Waals surface area contributed by atoms with Crippen LogP contribution >= 0.6 is 0 Å². The fraction of sp³-hybridized carbons (Fsp3) is 0. The summed E-state index contributed by atoms with van der Waals surface area (Å²) in [5.41, 5.74) is 0.970. The first-order chi connectivity index (χ1) is 7.70. The van der Waals surface area contributed by atoms with Crippen LogP contribution in [0.4, 0.5) is 0 Å². The lowest BCUT2D eigenvalue weighted by Gasteiger charge is -1.95. The van der Waals surface area contributed by atoms with E-state index in [0.717, 1.165) is 0 Å². The van der Waals surface area contributed by atoms with Crippen LogP contribution in [0.25, 0.3) is 11.3 Å². The van der Waals surface area contributed by atoms with Gasteiger partial charge >= 0.3 is 5.97 Å². The monoisotopic (exact) mass is 214 g/mol. The molecule has 2 aromatic rings. The first-order valence-corrected chi connectivity index (χ1v) is 4.39. The molecule has 0 aliphatic rings. The number of aromatic nitrogens is 1. The number of hydrogen-bond donors (Lipinski definition) is 1. The summed E-state index contributed by atoms with van der Waals surface area (Å²) in [6, 6.07) is 6.41. The van der Waals surface area contributed by atoms with Crippen molar-refractivity contribution in [1.29, 1.82) is 5.26 Å². The van der Waals surface area contributed by atoms with E-state index in [1.54, 1.807) is 6.07 Å². The average Bonchev–Trinajstić information content (AvgIpc) is 2.78. The second-order valence-corrected chi connectivity index (χ2v) is 3.04. The number of nitriles is 1. The maximum atomic E-state index is 10.6. The molecule has 0 saturated carbocycles. The number of carbonyl (C=O) groups is 1. The minimum absolute atomic E-state index is 0.141. The minimum atomic E-state index is -1.13. The number of carboxylic acids is 1. The van der Waals surface area contributed by atoms with Gasteiger partial charge in [-0.05, 0) is 18.2 Å². The third kappa shape index (κ3) is 1.77. The van der Waals surface area contributed by atoms with Crippen molar-refractivity contribution >= 4 is 5.97 Å². The van der Waals surface area contributed by atoms with Crippen molar-refractivity contribution in [2.45, 2.75) is 0 Å². The van der Waals surface area contributed by atoms with Gasteiger partial charge in [-0.1, -0.05) is 0 Å². The second kappa shape index (κ2) is 3.87. The van der Waals surface area contributed by atoms with Crippen LogP contribution in [0.2, 0.25) is 0 Å². The van der Waals surface area contributed by atoms with Gasteiger partial charge in [-0.3, -0.25) is 4.98 Å². The molecule has 0 amide bonds. The normalized spacial score (nSPS) is 9.69. The summed E-state index contributed by atoms with van der Waals surface area (Å²) in [5.74, 6) is -0.894. The number of furan rings is 1. The molecule has 0 unspecified atom stereocenters. The molecule has 0 bridgehead atoms. The number of pyridine rings is 1. The Labute approximate surface area is 90.6 Å². The molecule has 0 fully saturated rings. The molecule has 0 aromatic carbocycles. The van der Waals surface area contributed by atoms with E-state index >= 15 is 0 Å². The number of nitrogens with zero attached hydrogens (tertiary/aromatic N) is 2. The summed E-state index contributed by atoms with van der Waals surface area (Å²) in [4.78, 5) is 14.5. The van der Waals surface area contributed by atoms with Gasteiger partial charge in [0, 0.05) is 18.0 Å². The van der Waals surface area contributed by atoms with Gasteiger partial charge in [-0.2, -0.15) is 5.26 Å². The molecule has 0 spiro atoms. The molecule has 0 saturated heterocycles. The Hall–Kier alpha value is -2.61. The van der Waals surface area contributed by atoms with Crippen LogP contribution in [0, 0.1) is 11.3 Å². The minimum Gasteiger partial charge on any atom is -0.475 e. The topological polar surface area (TPSA) is 87.1 Å². The van der Waals surface area contributed by atoms with Gasteiger partial charge in [0.15, 0.2) is 0 Å². The highest BCUT2D eigenvalue weighted by Gasteiger charge is 2.10. The largest absolute Gasteiger partial charge is 0.475 e. The van der Waals surface area contributed by atoms with E-state index in [4.69, 9.17) is 14.8 Å². The summed E-state index contributed by atoms with van der Waals surface area (Å²) in [5, 5.41) is 17.4. The van der Waals surface area contributed by atoms with Gasteiger partial charge in [0.25, 0.3) is 0 Å². The van der Waals surface area contributed by atoms with Gasteiger partial charge in [-0.25, -0.2) is 4.79 Å². The molecule has 2 heterocycles. The van der Waals surface area contributed by atoms with Crippen molar-refractivity contribution in [2.75, 3.05) is 0 Å². The SMILES string of the molecule is N#Cc1cncc(-c2ccc(C(=O)O)o2)c1. The molecule has 78 valence electrons. The fourth-order valence-electron chi connectivity index (χ4n) is 1.24. The van der Waals surface area contributed by atoms with Crippen LogP contribution in [0.5, 0.6) is 0 Å². The third-order valence-electron chi connectivity index (χ3n) is 1.97. The highest BCUT2D eigenvalue weighted by atomic mass is 16.4. The smallest absolute Gasteiger partial charge is 0.371 e. The maximum absolute atomic E-state index is 10.6. The van der Waals surface area contributed by atoms with Gasteiger partial charge in [0.1, 0.15) is 11.8 Å². The fourth-order valence-corrected chi connectivity index (χ4v) is 1.24. The van der Waals surface area contributed by atoms with E-state index in [1.165, 1.54) is 24.5 Å².